The first-order valence-corrected chi connectivity index (χ1v) is 10.7. The van der Waals surface area contributed by atoms with Crippen molar-refractivity contribution in [2.75, 3.05) is 0 Å². The van der Waals surface area contributed by atoms with Gasteiger partial charge < -0.3 is 8.98 Å². The highest BCUT2D eigenvalue weighted by atomic mass is 32.2. The van der Waals surface area contributed by atoms with Crippen LogP contribution in [0.15, 0.2) is 86.5 Å². The maximum absolute atomic E-state index is 11.8. The van der Waals surface area contributed by atoms with Crippen molar-refractivity contribution in [3.05, 3.63) is 88.4 Å². The minimum absolute atomic E-state index is 0.103. The van der Waals surface area contributed by atoms with Gasteiger partial charge in [-0.3, -0.25) is 14.9 Å². The van der Waals surface area contributed by atoms with Crippen LogP contribution in [0, 0.1) is 10.1 Å². The van der Waals surface area contributed by atoms with Gasteiger partial charge in [-0.15, -0.1) is 10.2 Å². The molecular formula is C22H18N6O4S. The Labute approximate surface area is 192 Å². The lowest BCUT2D eigenvalue weighted by atomic mass is 10.2. The molecule has 4 rings (SSSR count). The van der Waals surface area contributed by atoms with E-state index in [9.17, 15) is 14.9 Å². The molecule has 0 aliphatic carbocycles. The number of carbonyl (C=O) groups excluding carboxylic acids is 1. The highest BCUT2D eigenvalue weighted by Crippen LogP contribution is 2.35. The summed E-state index contributed by atoms with van der Waals surface area (Å²) in [4.78, 5) is 23.5. The van der Waals surface area contributed by atoms with E-state index in [1.165, 1.54) is 36.4 Å². The molecule has 0 saturated heterocycles. The van der Waals surface area contributed by atoms with Crippen LogP contribution in [-0.4, -0.2) is 31.8 Å². The number of nitro benzene ring substituents is 1. The van der Waals surface area contributed by atoms with E-state index in [1.54, 1.807) is 18.2 Å². The molecule has 2 heterocycles. The van der Waals surface area contributed by atoms with Crippen LogP contribution in [0.25, 0.3) is 11.4 Å². The number of benzene rings is 2. The molecule has 0 saturated carbocycles. The van der Waals surface area contributed by atoms with Crippen molar-refractivity contribution in [2.45, 2.75) is 23.5 Å². The fourth-order valence-electron chi connectivity index (χ4n) is 3.02. The first-order valence-electron chi connectivity index (χ1n) is 9.88. The van der Waals surface area contributed by atoms with Crippen molar-refractivity contribution in [1.29, 1.82) is 0 Å². The van der Waals surface area contributed by atoms with Gasteiger partial charge in [0.1, 0.15) is 0 Å². The Morgan fingerprint density at radius 2 is 2.03 bits per heavy atom. The largest absolute Gasteiger partial charge is 0.459 e. The summed E-state index contributed by atoms with van der Waals surface area (Å²) >= 11 is 1.17. The number of nitrogens with one attached hydrogen (secondary N) is 1. The number of hydrogen-bond acceptors (Lipinski definition) is 8. The van der Waals surface area contributed by atoms with Gasteiger partial charge in [-0.25, -0.2) is 5.43 Å². The molecule has 10 nitrogen and oxygen atoms in total. The quantitative estimate of drug-likeness (QED) is 0.234. The zero-order valence-electron chi connectivity index (χ0n) is 17.4. The third kappa shape index (κ3) is 4.99. The van der Waals surface area contributed by atoms with Crippen LogP contribution in [0.1, 0.15) is 23.0 Å². The van der Waals surface area contributed by atoms with Gasteiger partial charge in [-0.1, -0.05) is 36.4 Å². The SMILES string of the molecule is CCn1c(Sc2ccc(/C=N\NC(=O)c3ccco3)cc2[N+](=O)[O-])nnc1-c1ccccc1. The Morgan fingerprint density at radius 1 is 1.21 bits per heavy atom. The lowest BCUT2D eigenvalue weighted by Crippen LogP contribution is -2.16. The second-order valence-electron chi connectivity index (χ2n) is 6.68. The Balaban J connectivity index is 1.55. The Morgan fingerprint density at radius 3 is 2.73 bits per heavy atom. The molecule has 0 atom stereocenters. The Bertz CT molecular complexity index is 1300. The van der Waals surface area contributed by atoms with Gasteiger partial charge in [0.15, 0.2) is 16.7 Å². The van der Waals surface area contributed by atoms with Gasteiger partial charge in [0.05, 0.1) is 22.3 Å². The molecule has 11 heteroatoms. The van der Waals surface area contributed by atoms with Crippen LogP contribution in [0.5, 0.6) is 0 Å². The van der Waals surface area contributed by atoms with Crippen LogP contribution in [0.2, 0.25) is 0 Å². The van der Waals surface area contributed by atoms with Crippen molar-refractivity contribution in [2.24, 2.45) is 5.10 Å². The number of rotatable bonds is 8. The van der Waals surface area contributed by atoms with E-state index < -0.39 is 10.8 Å². The zero-order valence-corrected chi connectivity index (χ0v) is 18.2. The molecule has 33 heavy (non-hydrogen) atoms. The van der Waals surface area contributed by atoms with Crippen LogP contribution in [0.3, 0.4) is 0 Å². The third-order valence-electron chi connectivity index (χ3n) is 4.57. The summed E-state index contributed by atoms with van der Waals surface area (Å²) in [5.74, 6) is 0.283. The average Bonchev–Trinajstić information content (AvgIpc) is 3.50. The average molecular weight is 462 g/mol. The van der Waals surface area contributed by atoms with E-state index in [2.05, 4.69) is 20.7 Å². The number of furan rings is 1. The molecule has 166 valence electrons. The summed E-state index contributed by atoms with van der Waals surface area (Å²) in [5.41, 5.74) is 3.57. The fourth-order valence-corrected chi connectivity index (χ4v) is 4.00. The molecule has 0 bridgehead atoms. The summed E-state index contributed by atoms with van der Waals surface area (Å²) in [6.45, 7) is 2.57. The van der Waals surface area contributed by atoms with E-state index in [0.717, 1.165) is 5.56 Å². The maximum atomic E-state index is 11.8. The number of nitrogens with zero attached hydrogens (tertiary/aromatic N) is 5. The van der Waals surface area contributed by atoms with Gasteiger partial charge in [-0.2, -0.15) is 5.10 Å². The van der Waals surface area contributed by atoms with E-state index in [4.69, 9.17) is 4.42 Å². The smallest absolute Gasteiger partial charge is 0.307 e. The van der Waals surface area contributed by atoms with Gasteiger partial charge in [-0.05, 0) is 36.9 Å². The van der Waals surface area contributed by atoms with Gasteiger partial charge in [0.2, 0.25) is 0 Å². The molecule has 2 aromatic carbocycles. The van der Waals surface area contributed by atoms with Crippen LogP contribution in [0.4, 0.5) is 5.69 Å². The van der Waals surface area contributed by atoms with Gasteiger partial charge in [0.25, 0.3) is 5.69 Å². The molecule has 2 aromatic heterocycles. The normalized spacial score (nSPS) is 11.1. The number of hydrogen-bond donors (Lipinski definition) is 1. The molecule has 1 amide bonds. The Hall–Kier alpha value is -4.25. The topological polar surface area (TPSA) is 128 Å². The van der Waals surface area contributed by atoms with E-state index >= 15 is 0 Å². The zero-order chi connectivity index (χ0) is 23.2. The summed E-state index contributed by atoms with van der Waals surface area (Å²) in [7, 11) is 0. The predicted molar refractivity (Wildman–Crippen MR) is 122 cm³/mol. The lowest BCUT2D eigenvalue weighted by molar-refractivity contribution is -0.387. The minimum Gasteiger partial charge on any atom is -0.459 e. The molecule has 0 radical (unpaired) electrons. The van der Waals surface area contributed by atoms with E-state index in [1.807, 2.05) is 41.8 Å². The number of carbonyl (C=O) groups is 1. The van der Waals surface area contributed by atoms with Crippen LogP contribution in [-0.2, 0) is 6.54 Å². The predicted octanol–water partition coefficient (Wildman–Crippen LogP) is 4.38. The number of aromatic nitrogens is 3. The monoisotopic (exact) mass is 462 g/mol. The summed E-state index contributed by atoms with van der Waals surface area (Å²) in [5, 5.41) is 24.6. The molecule has 4 aromatic rings. The molecule has 1 N–H and O–H groups in total. The van der Waals surface area contributed by atoms with Crippen LogP contribution < -0.4 is 5.43 Å². The van der Waals surface area contributed by atoms with Crippen LogP contribution >= 0.6 is 11.8 Å². The number of hydrazone groups is 1. The summed E-state index contributed by atoms with van der Waals surface area (Å²) in [6, 6.07) is 17.4. The number of nitro groups is 1. The van der Waals surface area contributed by atoms with Crippen molar-refractivity contribution in [1.82, 2.24) is 20.2 Å². The highest BCUT2D eigenvalue weighted by Gasteiger charge is 2.20. The Kier molecular flexibility index (Phi) is 6.60. The second kappa shape index (κ2) is 9.92. The highest BCUT2D eigenvalue weighted by molar-refractivity contribution is 7.99. The van der Waals surface area contributed by atoms with Crippen molar-refractivity contribution in [3.63, 3.8) is 0 Å². The lowest BCUT2D eigenvalue weighted by Gasteiger charge is -2.08. The molecule has 0 spiro atoms. The first-order chi connectivity index (χ1) is 16.1. The summed E-state index contributed by atoms with van der Waals surface area (Å²) < 4.78 is 6.88. The third-order valence-corrected chi connectivity index (χ3v) is 5.62. The molecule has 0 aliphatic heterocycles. The van der Waals surface area contributed by atoms with E-state index in [-0.39, 0.29) is 11.4 Å². The second-order valence-corrected chi connectivity index (χ2v) is 7.69. The molecule has 0 fully saturated rings. The molecular weight excluding hydrogens is 444 g/mol. The van der Waals surface area contributed by atoms with E-state index in [0.29, 0.717) is 28.0 Å². The first kappa shape index (κ1) is 22.0. The van der Waals surface area contributed by atoms with Crippen molar-refractivity contribution < 1.29 is 14.1 Å². The van der Waals surface area contributed by atoms with Gasteiger partial charge in [0, 0.05) is 23.7 Å². The van der Waals surface area contributed by atoms with Crippen molar-refractivity contribution >= 4 is 29.6 Å². The fraction of sp³-hybridized carbons (Fsp3) is 0.0909. The number of amides is 1. The standard InChI is InChI=1S/C22H18N6O4S/c1-2-27-20(16-7-4-3-5-8-16)24-26-22(27)33-19-11-10-15(13-17(19)28(30)31)14-23-25-21(29)18-9-6-12-32-18/h3-14H,2H2,1H3,(H,25,29)/b23-14-. The minimum atomic E-state index is -0.522. The summed E-state index contributed by atoms with van der Waals surface area (Å²) in [6.07, 6.45) is 2.70. The van der Waals surface area contributed by atoms with Gasteiger partial charge >= 0.3 is 5.91 Å². The molecule has 0 unspecified atom stereocenters. The molecule has 0 aliphatic rings. The maximum Gasteiger partial charge on any atom is 0.307 e. The van der Waals surface area contributed by atoms with Crippen molar-refractivity contribution in [3.8, 4) is 11.4 Å².